The van der Waals surface area contributed by atoms with Crippen molar-refractivity contribution >= 4 is 10.8 Å². The van der Waals surface area contributed by atoms with Crippen molar-refractivity contribution in [1.29, 1.82) is 0 Å². The van der Waals surface area contributed by atoms with Crippen LogP contribution >= 0.6 is 0 Å². The highest BCUT2D eigenvalue weighted by atomic mass is 32.2. The van der Waals surface area contributed by atoms with Crippen LogP contribution in [0.3, 0.4) is 0 Å². The zero-order valence-electron chi connectivity index (χ0n) is 11.1. The molecule has 3 atom stereocenters. The van der Waals surface area contributed by atoms with Gasteiger partial charge in [0.05, 0.1) is 5.25 Å². The van der Waals surface area contributed by atoms with Crippen molar-refractivity contribution in [2.75, 3.05) is 12.8 Å². The molecule has 3 unspecified atom stereocenters. The van der Waals surface area contributed by atoms with Gasteiger partial charge in [-0.2, -0.15) is 0 Å². The molecule has 0 saturated carbocycles. The number of rotatable bonds is 6. The summed E-state index contributed by atoms with van der Waals surface area (Å²) in [4.78, 5) is 0. The first-order valence-corrected chi connectivity index (χ1v) is 7.80. The molecule has 0 aliphatic heterocycles. The summed E-state index contributed by atoms with van der Waals surface area (Å²) in [5.41, 5.74) is 1.23. The van der Waals surface area contributed by atoms with Gasteiger partial charge in [-0.3, -0.25) is 4.21 Å². The van der Waals surface area contributed by atoms with E-state index in [9.17, 15) is 4.21 Å². The number of benzene rings is 1. The molecule has 17 heavy (non-hydrogen) atoms. The SMILES string of the molecule is CCNC(c1ccccc1)C(C(C)C)S(C)=O. The highest BCUT2D eigenvalue weighted by Crippen LogP contribution is 2.25. The fraction of sp³-hybridized carbons (Fsp3) is 0.571. The van der Waals surface area contributed by atoms with E-state index < -0.39 is 10.8 Å². The summed E-state index contributed by atoms with van der Waals surface area (Å²) in [5, 5.41) is 3.62. The molecule has 0 heterocycles. The maximum atomic E-state index is 11.9. The average molecular weight is 253 g/mol. The Bertz CT molecular complexity index is 350. The quantitative estimate of drug-likeness (QED) is 0.844. The molecule has 1 rings (SSSR count). The van der Waals surface area contributed by atoms with E-state index in [1.165, 1.54) is 5.56 Å². The van der Waals surface area contributed by atoms with Crippen LogP contribution in [0.25, 0.3) is 0 Å². The molecular weight excluding hydrogens is 230 g/mol. The molecule has 0 amide bonds. The molecule has 0 aliphatic carbocycles. The molecule has 1 aromatic carbocycles. The molecule has 0 aromatic heterocycles. The van der Waals surface area contributed by atoms with Gasteiger partial charge >= 0.3 is 0 Å². The molecule has 3 heteroatoms. The van der Waals surface area contributed by atoms with E-state index in [2.05, 4.69) is 38.2 Å². The van der Waals surface area contributed by atoms with Crippen LogP contribution in [-0.2, 0) is 10.8 Å². The summed E-state index contributed by atoms with van der Waals surface area (Å²) in [6.45, 7) is 7.25. The monoisotopic (exact) mass is 253 g/mol. The fourth-order valence-electron chi connectivity index (χ4n) is 2.26. The Morgan fingerprint density at radius 2 is 1.82 bits per heavy atom. The van der Waals surface area contributed by atoms with Crippen LogP contribution in [0, 0.1) is 5.92 Å². The third-order valence-corrected chi connectivity index (χ3v) is 4.53. The summed E-state index contributed by atoms with van der Waals surface area (Å²) in [7, 11) is -0.828. The molecule has 0 bridgehead atoms. The zero-order chi connectivity index (χ0) is 12.8. The Kier molecular flexibility index (Phi) is 5.86. The highest BCUT2D eigenvalue weighted by Gasteiger charge is 2.28. The van der Waals surface area contributed by atoms with Gasteiger partial charge in [-0.1, -0.05) is 51.1 Å². The van der Waals surface area contributed by atoms with Crippen molar-refractivity contribution < 1.29 is 4.21 Å². The minimum absolute atomic E-state index is 0.150. The van der Waals surface area contributed by atoms with Gasteiger partial charge in [0.25, 0.3) is 0 Å². The molecule has 0 spiro atoms. The Hall–Kier alpha value is -0.670. The molecule has 0 fully saturated rings. The van der Waals surface area contributed by atoms with E-state index in [1.54, 1.807) is 6.26 Å². The second-order valence-corrected chi connectivity index (χ2v) is 6.19. The average Bonchev–Trinajstić information content (AvgIpc) is 2.28. The zero-order valence-corrected chi connectivity index (χ0v) is 12.0. The van der Waals surface area contributed by atoms with Crippen LogP contribution in [0.2, 0.25) is 0 Å². The van der Waals surface area contributed by atoms with Crippen molar-refractivity contribution in [3.05, 3.63) is 35.9 Å². The van der Waals surface area contributed by atoms with Crippen molar-refractivity contribution in [1.82, 2.24) is 5.32 Å². The van der Waals surface area contributed by atoms with Crippen LogP contribution < -0.4 is 5.32 Å². The first kappa shape index (κ1) is 14.4. The van der Waals surface area contributed by atoms with Crippen LogP contribution in [0.1, 0.15) is 32.4 Å². The van der Waals surface area contributed by atoms with Crippen LogP contribution in [0.15, 0.2) is 30.3 Å². The second kappa shape index (κ2) is 6.92. The Morgan fingerprint density at radius 1 is 1.24 bits per heavy atom. The summed E-state index contributed by atoms with van der Waals surface area (Å²) in [6, 6.07) is 10.5. The van der Waals surface area contributed by atoms with Gasteiger partial charge in [0.1, 0.15) is 0 Å². The summed E-state index contributed by atoms with van der Waals surface area (Å²) >= 11 is 0. The minimum atomic E-state index is -0.828. The lowest BCUT2D eigenvalue weighted by Gasteiger charge is -2.29. The van der Waals surface area contributed by atoms with E-state index >= 15 is 0 Å². The summed E-state index contributed by atoms with van der Waals surface area (Å²) in [5.74, 6) is 0.394. The maximum absolute atomic E-state index is 11.9. The first-order valence-electron chi connectivity index (χ1n) is 6.18. The van der Waals surface area contributed by atoms with E-state index in [0.717, 1.165) is 6.54 Å². The lowest BCUT2D eigenvalue weighted by Crippen LogP contribution is -2.37. The van der Waals surface area contributed by atoms with Gasteiger partial charge in [0, 0.05) is 23.1 Å². The Balaban J connectivity index is 3.02. The van der Waals surface area contributed by atoms with Gasteiger partial charge < -0.3 is 5.32 Å². The molecule has 96 valence electrons. The molecule has 1 N–H and O–H groups in total. The fourth-order valence-corrected chi connectivity index (χ4v) is 3.67. The number of hydrogen-bond donors (Lipinski definition) is 1. The highest BCUT2D eigenvalue weighted by molar-refractivity contribution is 7.85. The van der Waals surface area contributed by atoms with E-state index in [-0.39, 0.29) is 11.3 Å². The van der Waals surface area contributed by atoms with Gasteiger partial charge in [0.15, 0.2) is 0 Å². The van der Waals surface area contributed by atoms with Crippen LogP contribution in [0.4, 0.5) is 0 Å². The minimum Gasteiger partial charge on any atom is -0.309 e. The topological polar surface area (TPSA) is 29.1 Å². The molecule has 0 saturated heterocycles. The van der Waals surface area contributed by atoms with E-state index in [0.29, 0.717) is 5.92 Å². The van der Waals surface area contributed by atoms with Crippen LogP contribution in [0.5, 0.6) is 0 Å². The predicted octanol–water partition coefficient (Wildman–Crippen LogP) is 2.74. The normalized spacial score (nSPS) is 16.8. The van der Waals surface area contributed by atoms with Gasteiger partial charge in [-0.05, 0) is 18.0 Å². The third-order valence-electron chi connectivity index (χ3n) is 2.95. The maximum Gasteiger partial charge on any atom is 0.0562 e. The standard InChI is InChI=1S/C14H23NOS/c1-5-15-13(12-9-7-6-8-10-12)14(11(2)3)17(4)16/h6-11,13-15H,5H2,1-4H3. The predicted molar refractivity (Wildman–Crippen MR) is 75.6 cm³/mol. The lowest BCUT2D eigenvalue weighted by molar-refractivity contribution is 0.444. The van der Waals surface area contributed by atoms with Crippen LogP contribution in [-0.4, -0.2) is 22.3 Å². The summed E-state index contributed by atoms with van der Waals surface area (Å²) < 4.78 is 11.9. The third kappa shape index (κ3) is 3.93. The molecule has 0 aliphatic rings. The number of hydrogen-bond acceptors (Lipinski definition) is 2. The molecular formula is C14H23NOS. The Morgan fingerprint density at radius 3 is 2.24 bits per heavy atom. The van der Waals surface area contributed by atoms with E-state index in [1.807, 2.05) is 18.2 Å². The van der Waals surface area contributed by atoms with Crippen molar-refractivity contribution in [3.63, 3.8) is 0 Å². The van der Waals surface area contributed by atoms with Gasteiger partial charge in [-0.15, -0.1) is 0 Å². The van der Waals surface area contributed by atoms with Crippen molar-refractivity contribution in [3.8, 4) is 0 Å². The van der Waals surface area contributed by atoms with Gasteiger partial charge in [-0.25, -0.2) is 0 Å². The second-order valence-electron chi connectivity index (χ2n) is 4.65. The molecule has 1 aromatic rings. The van der Waals surface area contributed by atoms with Crippen molar-refractivity contribution in [2.24, 2.45) is 5.92 Å². The largest absolute Gasteiger partial charge is 0.309 e. The summed E-state index contributed by atoms with van der Waals surface area (Å²) in [6.07, 6.45) is 1.80. The van der Waals surface area contributed by atoms with Gasteiger partial charge in [0.2, 0.25) is 0 Å². The smallest absolute Gasteiger partial charge is 0.0562 e. The molecule has 0 radical (unpaired) electrons. The number of nitrogens with one attached hydrogen (secondary N) is 1. The van der Waals surface area contributed by atoms with E-state index in [4.69, 9.17) is 0 Å². The Labute approximate surface area is 107 Å². The van der Waals surface area contributed by atoms with Crippen molar-refractivity contribution in [2.45, 2.75) is 32.1 Å². The molecule has 2 nitrogen and oxygen atoms in total. The first-order chi connectivity index (χ1) is 8.07. The lowest BCUT2D eigenvalue weighted by atomic mass is 9.96.